The SMILES string of the molecule is CC(C)(C)c1cc(C(=O)O)cc(C(=O)NCCC#N)c1. The van der Waals surface area contributed by atoms with E-state index in [2.05, 4.69) is 5.32 Å². The maximum absolute atomic E-state index is 12.0. The number of nitrogens with one attached hydrogen (secondary N) is 1. The molecule has 5 nitrogen and oxygen atoms in total. The van der Waals surface area contributed by atoms with Crippen LogP contribution in [0.4, 0.5) is 0 Å². The van der Waals surface area contributed by atoms with E-state index in [1.54, 1.807) is 12.1 Å². The molecule has 1 rings (SSSR count). The lowest BCUT2D eigenvalue weighted by Gasteiger charge is -2.20. The Hall–Kier alpha value is -2.35. The monoisotopic (exact) mass is 274 g/mol. The van der Waals surface area contributed by atoms with Crippen LogP contribution in [0.25, 0.3) is 0 Å². The fourth-order valence-corrected chi connectivity index (χ4v) is 1.65. The van der Waals surface area contributed by atoms with Gasteiger partial charge in [-0.2, -0.15) is 5.26 Å². The first kappa shape index (κ1) is 15.7. The highest BCUT2D eigenvalue weighted by atomic mass is 16.4. The molecule has 0 aliphatic heterocycles. The number of nitrogens with zero attached hydrogens (tertiary/aromatic N) is 1. The quantitative estimate of drug-likeness (QED) is 0.824. The number of carboxylic acid groups (broad SMARTS) is 1. The minimum absolute atomic E-state index is 0.0860. The van der Waals surface area contributed by atoms with Gasteiger partial charge in [0.25, 0.3) is 5.91 Å². The second kappa shape index (κ2) is 6.20. The van der Waals surface area contributed by atoms with Crippen LogP contribution < -0.4 is 5.32 Å². The van der Waals surface area contributed by atoms with Crippen molar-refractivity contribution in [3.63, 3.8) is 0 Å². The predicted octanol–water partition coefficient (Wildman–Crippen LogP) is 2.33. The first-order valence-electron chi connectivity index (χ1n) is 6.29. The Balaban J connectivity index is 3.13. The Morgan fingerprint density at radius 1 is 1.25 bits per heavy atom. The minimum atomic E-state index is -1.07. The lowest BCUT2D eigenvalue weighted by Crippen LogP contribution is -2.25. The van der Waals surface area contributed by atoms with Crippen molar-refractivity contribution in [1.29, 1.82) is 5.26 Å². The number of benzene rings is 1. The third-order valence-electron chi connectivity index (χ3n) is 2.83. The summed E-state index contributed by atoms with van der Waals surface area (Å²) in [4.78, 5) is 23.1. The molecular weight excluding hydrogens is 256 g/mol. The molecule has 20 heavy (non-hydrogen) atoms. The zero-order valence-corrected chi connectivity index (χ0v) is 11.9. The van der Waals surface area contributed by atoms with Crippen LogP contribution in [0.1, 0.15) is 53.5 Å². The molecule has 2 N–H and O–H groups in total. The van der Waals surface area contributed by atoms with Crippen LogP contribution in [0.5, 0.6) is 0 Å². The zero-order chi connectivity index (χ0) is 15.3. The number of rotatable bonds is 4. The average Bonchev–Trinajstić information content (AvgIpc) is 2.37. The highest BCUT2D eigenvalue weighted by Crippen LogP contribution is 2.24. The third-order valence-corrected chi connectivity index (χ3v) is 2.83. The minimum Gasteiger partial charge on any atom is -0.478 e. The fourth-order valence-electron chi connectivity index (χ4n) is 1.65. The lowest BCUT2D eigenvalue weighted by molar-refractivity contribution is 0.0696. The number of hydrogen-bond donors (Lipinski definition) is 2. The van der Waals surface area contributed by atoms with Gasteiger partial charge in [-0.25, -0.2) is 4.79 Å². The summed E-state index contributed by atoms with van der Waals surface area (Å²) >= 11 is 0. The summed E-state index contributed by atoms with van der Waals surface area (Å²) in [6.07, 6.45) is 0.219. The molecule has 5 heteroatoms. The molecule has 1 amide bonds. The molecule has 1 aromatic rings. The van der Waals surface area contributed by atoms with Gasteiger partial charge in [-0.1, -0.05) is 20.8 Å². The van der Waals surface area contributed by atoms with E-state index >= 15 is 0 Å². The van der Waals surface area contributed by atoms with Crippen LogP contribution in [-0.2, 0) is 5.41 Å². The Bertz CT molecular complexity index is 565. The van der Waals surface area contributed by atoms with E-state index in [1.165, 1.54) is 6.07 Å². The van der Waals surface area contributed by atoms with Crippen molar-refractivity contribution in [2.24, 2.45) is 0 Å². The molecule has 0 aromatic heterocycles. The molecular formula is C15H18N2O3. The maximum atomic E-state index is 12.0. The van der Waals surface area contributed by atoms with E-state index in [9.17, 15) is 9.59 Å². The van der Waals surface area contributed by atoms with Gasteiger partial charge in [0.1, 0.15) is 0 Å². The Morgan fingerprint density at radius 2 is 1.85 bits per heavy atom. The average molecular weight is 274 g/mol. The second-order valence-electron chi connectivity index (χ2n) is 5.52. The molecule has 0 bridgehead atoms. The first-order valence-corrected chi connectivity index (χ1v) is 6.29. The Labute approximate surface area is 118 Å². The van der Waals surface area contributed by atoms with Gasteiger partial charge in [-0.15, -0.1) is 0 Å². The molecule has 0 aliphatic carbocycles. The van der Waals surface area contributed by atoms with E-state index in [4.69, 9.17) is 10.4 Å². The number of hydrogen-bond acceptors (Lipinski definition) is 3. The van der Waals surface area contributed by atoms with Gasteiger partial charge >= 0.3 is 5.97 Å². The van der Waals surface area contributed by atoms with Gasteiger partial charge < -0.3 is 10.4 Å². The first-order chi connectivity index (χ1) is 9.25. The molecule has 0 unspecified atom stereocenters. The fraction of sp³-hybridized carbons (Fsp3) is 0.400. The summed E-state index contributed by atoms with van der Waals surface area (Å²) in [7, 11) is 0. The van der Waals surface area contributed by atoms with Crippen molar-refractivity contribution in [2.45, 2.75) is 32.6 Å². The number of aromatic carboxylic acids is 1. The molecule has 0 fully saturated rings. The number of carbonyl (C=O) groups excluding carboxylic acids is 1. The van der Waals surface area contributed by atoms with E-state index in [1.807, 2.05) is 26.8 Å². The molecule has 0 saturated heterocycles. The molecule has 0 saturated carbocycles. The third kappa shape index (κ3) is 4.09. The normalized spacial score (nSPS) is 10.7. The lowest BCUT2D eigenvalue weighted by atomic mass is 9.85. The maximum Gasteiger partial charge on any atom is 0.335 e. The largest absolute Gasteiger partial charge is 0.478 e. The second-order valence-corrected chi connectivity index (χ2v) is 5.52. The van der Waals surface area contributed by atoms with Crippen molar-refractivity contribution in [3.05, 3.63) is 34.9 Å². The van der Waals surface area contributed by atoms with Gasteiger partial charge in [-0.05, 0) is 29.2 Å². The van der Waals surface area contributed by atoms with E-state index in [-0.39, 0.29) is 29.9 Å². The summed E-state index contributed by atoms with van der Waals surface area (Å²) in [5.74, 6) is -1.43. The highest BCUT2D eigenvalue weighted by molar-refractivity contribution is 5.97. The van der Waals surface area contributed by atoms with Gasteiger partial charge in [0, 0.05) is 12.1 Å². The van der Waals surface area contributed by atoms with Crippen LogP contribution in [-0.4, -0.2) is 23.5 Å². The molecule has 0 radical (unpaired) electrons. The van der Waals surface area contributed by atoms with Crippen LogP contribution in [0.3, 0.4) is 0 Å². The molecule has 1 aromatic carbocycles. The van der Waals surface area contributed by atoms with Gasteiger partial charge in [0.15, 0.2) is 0 Å². The topological polar surface area (TPSA) is 90.2 Å². The van der Waals surface area contributed by atoms with Gasteiger partial charge in [0.2, 0.25) is 0 Å². The van der Waals surface area contributed by atoms with E-state index in [0.717, 1.165) is 5.56 Å². The van der Waals surface area contributed by atoms with Crippen molar-refractivity contribution in [1.82, 2.24) is 5.32 Å². The summed E-state index contributed by atoms with van der Waals surface area (Å²) in [6, 6.07) is 6.54. The number of nitriles is 1. The summed E-state index contributed by atoms with van der Waals surface area (Å²) in [6.45, 7) is 6.10. The number of carbonyl (C=O) groups is 2. The van der Waals surface area contributed by atoms with E-state index in [0.29, 0.717) is 5.56 Å². The standard InChI is InChI=1S/C15H18N2O3/c1-15(2,3)12-8-10(7-11(9-12)14(19)20)13(18)17-6-4-5-16/h7-9H,4,6H2,1-3H3,(H,17,18)(H,19,20). The van der Waals surface area contributed by atoms with E-state index < -0.39 is 5.97 Å². The smallest absolute Gasteiger partial charge is 0.335 e. The molecule has 0 spiro atoms. The van der Waals surface area contributed by atoms with Gasteiger partial charge in [0.05, 0.1) is 18.1 Å². The van der Waals surface area contributed by atoms with Crippen molar-refractivity contribution in [3.8, 4) is 6.07 Å². The zero-order valence-electron chi connectivity index (χ0n) is 11.9. The molecule has 0 atom stereocenters. The molecule has 106 valence electrons. The molecule has 0 heterocycles. The van der Waals surface area contributed by atoms with Crippen LogP contribution in [0.2, 0.25) is 0 Å². The summed E-state index contributed by atoms with van der Waals surface area (Å²) in [5.41, 5.74) is 0.908. The highest BCUT2D eigenvalue weighted by Gasteiger charge is 2.19. The predicted molar refractivity (Wildman–Crippen MR) is 74.7 cm³/mol. The van der Waals surface area contributed by atoms with Gasteiger partial charge in [-0.3, -0.25) is 4.79 Å². The van der Waals surface area contributed by atoms with Crippen LogP contribution in [0.15, 0.2) is 18.2 Å². The van der Waals surface area contributed by atoms with Crippen molar-refractivity contribution in [2.75, 3.05) is 6.54 Å². The summed E-state index contributed by atoms with van der Waals surface area (Å²) < 4.78 is 0. The Morgan fingerprint density at radius 3 is 2.35 bits per heavy atom. The van der Waals surface area contributed by atoms with Crippen LogP contribution in [0, 0.1) is 11.3 Å². The summed E-state index contributed by atoms with van der Waals surface area (Å²) in [5, 5.41) is 20.1. The molecule has 0 aliphatic rings. The van der Waals surface area contributed by atoms with Crippen molar-refractivity contribution >= 4 is 11.9 Å². The van der Waals surface area contributed by atoms with Crippen LogP contribution >= 0.6 is 0 Å². The number of amides is 1. The van der Waals surface area contributed by atoms with Crippen molar-refractivity contribution < 1.29 is 14.7 Å². The number of carboxylic acids is 1. The Kier molecular flexibility index (Phi) is 4.87.